The fraction of sp³-hybridized carbons (Fsp3) is 0.294. The molecule has 1 nitrogen and oxygen atoms in total. The van der Waals surface area contributed by atoms with Gasteiger partial charge in [0.2, 0.25) is 0 Å². The highest BCUT2D eigenvalue weighted by Gasteiger charge is 2.32. The molecule has 19 heavy (non-hydrogen) atoms. The molecule has 2 aromatic carbocycles. The third kappa shape index (κ3) is 2.93. The Morgan fingerprint density at radius 1 is 1.05 bits per heavy atom. The summed E-state index contributed by atoms with van der Waals surface area (Å²) >= 11 is 6.24. The van der Waals surface area contributed by atoms with Crippen LogP contribution in [0, 0.1) is 12.8 Å². The van der Waals surface area contributed by atoms with Gasteiger partial charge in [0, 0.05) is 0 Å². The van der Waals surface area contributed by atoms with E-state index >= 15 is 0 Å². The van der Waals surface area contributed by atoms with Gasteiger partial charge in [0.05, 0.1) is 16.8 Å². The second kappa shape index (κ2) is 5.26. The lowest BCUT2D eigenvalue weighted by atomic mass is 10.0. The minimum absolute atomic E-state index is 0.375. The van der Waals surface area contributed by atoms with Crippen molar-refractivity contribution in [2.75, 3.05) is 5.32 Å². The Morgan fingerprint density at radius 2 is 1.74 bits per heavy atom. The minimum atomic E-state index is 0.375. The van der Waals surface area contributed by atoms with E-state index in [1.165, 1.54) is 24.0 Å². The van der Waals surface area contributed by atoms with Crippen molar-refractivity contribution in [3.05, 3.63) is 64.7 Å². The number of benzene rings is 2. The normalized spacial score (nSPS) is 16.1. The van der Waals surface area contributed by atoms with Gasteiger partial charge in [-0.25, -0.2) is 0 Å². The van der Waals surface area contributed by atoms with Crippen LogP contribution in [0.5, 0.6) is 0 Å². The van der Waals surface area contributed by atoms with Crippen LogP contribution in [-0.2, 0) is 0 Å². The van der Waals surface area contributed by atoms with Gasteiger partial charge in [-0.05, 0) is 43.4 Å². The van der Waals surface area contributed by atoms with Gasteiger partial charge in [-0.3, -0.25) is 0 Å². The molecule has 0 radical (unpaired) electrons. The van der Waals surface area contributed by atoms with Crippen LogP contribution >= 0.6 is 11.6 Å². The molecule has 1 N–H and O–H groups in total. The monoisotopic (exact) mass is 271 g/mol. The van der Waals surface area contributed by atoms with E-state index in [2.05, 4.69) is 36.5 Å². The van der Waals surface area contributed by atoms with Gasteiger partial charge >= 0.3 is 0 Å². The summed E-state index contributed by atoms with van der Waals surface area (Å²) in [5.74, 6) is 0.735. The Bertz CT molecular complexity index is 558. The SMILES string of the molecule is Cc1ccc(C(Nc2ccccc2Cl)C2CC2)cc1. The number of para-hydroxylation sites is 1. The highest BCUT2D eigenvalue weighted by Crippen LogP contribution is 2.43. The molecule has 0 heterocycles. The number of hydrogen-bond donors (Lipinski definition) is 1. The van der Waals surface area contributed by atoms with Crippen LogP contribution in [0.3, 0.4) is 0 Å². The predicted molar refractivity (Wildman–Crippen MR) is 81.7 cm³/mol. The fourth-order valence-electron chi connectivity index (χ4n) is 2.42. The van der Waals surface area contributed by atoms with Gasteiger partial charge < -0.3 is 5.32 Å². The average Bonchev–Trinajstić information content (AvgIpc) is 3.24. The van der Waals surface area contributed by atoms with Crippen molar-refractivity contribution in [2.24, 2.45) is 5.92 Å². The van der Waals surface area contributed by atoms with Crippen molar-refractivity contribution in [3.8, 4) is 0 Å². The summed E-state index contributed by atoms with van der Waals surface area (Å²) in [4.78, 5) is 0. The lowest BCUT2D eigenvalue weighted by Gasteiger charge is -2.21. The van der Waals surface area contributed by atoms with Crippen molar-refractivity contribution < 1.29 is 0 Å². The summed E-state index contributed by atoms with van der Waals surface area (Å²) in [6.45, 7) is 2.12. The van der Waals surface area contributed by atoms with E-state index in [0.29, 0.717) is 6.04 Å². The maximum atomic E-state index is 6.24. The van der Waals surface area contributed by atoms with E-state index in [1.54, 1.807) is 0 Å². The summed E-state index contributed by atoms with van der Waals surface area (Å²) in [5, 5.41) is 4.40. The van der Waals surface area contributed by atoms with Crippen LogP contribution in [0.1, 0.15) is 30.0 Å². The number of anilines is 1. The van der Waals surface area contributed by atoms with Crippen LogP contribution in [0.4, 0.5) is 5.69 Å². The average molecular weight is 272 g/mol. The molecule has 98 valence electrons. The molecule has 1 aliphatic carbocycles. The molecule has 2 aromatic rings. The lowest BCUT2D eigenvalue weighted by molar-refractivity contribution is 0.679. The van der Waals surface area contributed by atoms with E-state index < -0.39 is 0 Å². The summed E-state index contributed by atoms with van der Waals surface area (Å²) in [5.41, 5.74) is 3.69. The number of aryl methyl sites for hydroxylation is 1. The largest absolute Gasteiger partial charge is 0.377 e. The molecule has 0 spiro atoms. The van der Waals surface area contributed by atoms with E-state index in [9.17, 15) is 0 Å². The van der Waals surface area contributed by atoms with Gasteiger partial charge in [-0.2, -0.15) is 0 Å². The second-order valence-corrected chi connectivity index (χ2v) is 5.76. The van der Waals surface area contributed by atoms with Gasteiger partial charge in [-0.1, -0.05) is 53.6 Å². The number of halogens is 1. The van der Waals surface area contributed by atoms with E-state index in [1.807, 2.05) is 24.3 Å². The molecule has 0 bridgehead atoms. The van der Waals surface area contributed by atoms with Crippen LogP contribution in [0.15, 0.2) is 48.5 Å². The Balaban J connectivity index is 1.86. The maximum Gasteiger partial charge on any atom is 0.0637 e. The highest BCUT2D eigenvalue weighted by atomic mass is 35.5. The smallest absolute Gasteiger partial charge is 0.0637 e. The van der Waals surface area contributed by atoms with E-state index in [0.717, 1.165) is 16.6 Å². The summed E-state index contributed by atoms with van der Waals surface area (Å²) < 4.78 is 0. The van der Waals surface area contributed by atoms with Crippen molar-refractivity contribution in [2.45, 2.75) is 25.8 Å². The predicted octanol–water partition coefficient (Wildman–Crippen LogP) is 5.21. The van der Waals surface area contributed by atoms with Gasteiger partial charge in [-0.15, -0.1) is 0 Å². The molecule has 1 atom stereocenters. The highest BCUT2D eigenvalue weighted by molar-refractivity contribution is 6.33. The minimum Gasteiger partial charge on any atom is -0.377 e. The topological polar surface area (TPSA) is 12.0 Å². The molecule has 0 amide bonds. The first-order chi connectivity index (χ1) is 9.24. The Kier molecular flexibility index (Phi) is 3.48. The van der Waals surface area contributed by atoms with Gasteiger partial charge in [0.25, 0.3) is 0 Å². The summed E-state index contributed by atoms with van der Waals surface area (Å²) in [6.07, 6.45) is 2.60. The molecule has 1 aliphatic rings. The zero-order chi connectivity index (χ0) is 13.2. The number of rotatable bonds is 4. The zero-order valence-electron chi connectivity index (χ0n) is 11.1. The maximum absolute atomic E-state index is 6.24. The molecule has 0 saturated heterocycles. The van der Waals surface area contributed by atoms with Gasteiger partial charge in [0.1, 0.15) is 0 Å². The zero-order valence-corrected chi connectivity index (χ0v) is 11.8. The van der Waals surface area contributed by atoms with Crippen LogP contribution in [0.25, 0.3) is 0 Å². The van der Waals surface area contributed by atoms with Crippen molar-refractivity contribution >= 4 is 17.3 Å². The van der Waals surface area contributed by atoms with Crippen LogP contribution in [-0.4, -0.2) is 0 Å². The molecule has 3 rings (SSSR count). The van der Waals surface area contributed by atoms with Crippen LogP contribution in [0.2, 0.25) is 5.02 Å². The Morgan fingerprint density at radius 3 is 2.37 bits per heavy atom. The molecular weight excluding hydrogens is 254 g/mol. The van der Waals surface area contributed by atoms with E-state index in [4.69, 9.17) is 11.6 Å². The molecule has 0 aromatic heterocycles. The first-order valence-electron chi connectivity index (χ1n) is 6.81. The molecule has 1 saturated carbocycles. The Labute approximate surface area is 119 Å². The lowest BCUT2D eigenvalue weighted by Crippen LogP contribution is -2.13. The standard InChI is InChI=1S/C17H18ClN/c1-12-6-8-13(9-7-12)17(14-10-11-14)19-16-5-3-2-4-15(16)18/h2-9,14,17,19H,10-11H2,1H3. The quantitative estimate of drug-likeness (QED) is 0.805. The third-order valence-corrected chi connectivity index (χ3v) is 4.04. The molecule has 1 unspecified atom stereocenters. The third-order valence-electron chi connectivity index (χ3n) is 3.71. The number of hydrogen-bond acceptors (Lipinski definition) is 1. The second-order valence-electron chi connectivity index (χ2n) is 5.35. The van der Waals surface area contributed by atoms with Crippen molar-refractivity contribution in [3.63, 3.8) is 0 Å². The van der Waals surface area contributed by atoms with E-state index in [-0.39, 0.29) is 0 Å². The molecule has 1 fully saturated rings. The van der Waals surface area contributed by atoms with Crippen molar-refractivity contribution in [1.82, 2.24) is 0 Å². The first kappa shape index (κ1) is 12.6. The molecular formula is C17H18ClN. The molecule has 0 aliphatic heterocycles. The fourth-order valence-corrected chi connectivity index (χ4v) is 2.61. The van der Waals surface area contributed by atoms with Crippen LogP contribution < -0.4 is 5.32 Å². The Hall–Kier alpha value is -1.47. The first-order valence-corrected chi connectivity index (χ1v) is 7.19. The summed E-state index contributed by atoms with van der Waals surface area (Å²) in [6, 6.07) is 17.1. The summed E-state index contributed by atoms with van der Waals surface area (Å²) in [7, 11) is 0. The van der Waals surface area contributed by atoms with Gasteiger partial charge in [0.15, 0.2) is 0 Å². The van der Waals surface area contributed by atoms with Crippen molar-refractivity contribution in [1.29, 1.82) is 0 Å². The number of nitrogens with one attached hydrogen (secondary N) is 1. The molecule has 2 heteroatoms.